The van der Waals surface area contributed by atoms with Crippen LogP contribution in [-0.4, -0.2) is 30.7 Å². The Morgan fingerprint density at radius 2 is 1.80 bits per heavy atom. The Balaban J connectivity index is 1.67. The third kappa shape index (κ3) is 3.31. The van der Waals surface area contributed by atoms with Gasteiger partial charge in [0.15, 0.2) is 11.6 Å². The highest BCUT2D eigenvalue weighted by Gasteiger charge is 2.40. The molecule has 0 saturated heterocycles. The van der Waals surface area contributed by atoms with Crippen molar-refractivity contribution in [3.8, 4) is 0 Å². The highest BCUT2D eigenvalue weighted by Crippen LogP contribution is 2.34. The molecular weight excluding hydrogens is 318 g/mol. The zero-order valence-electron chi connectivity index (χ0n) is 14.0. The van der Waals surface area contributed by atoms with Crippen molar-refractivity contribution in [3.05, 3.63) is 71.5 Å². The number of fused-ring (bicyclic) bond motifs is 2. The molecule has 0 aromatic heterocycles. The second-order valence-corrected chi connectivity index (χ2v) is 6.15. The number of rotatable bonds is 5. The Kier molecular flexibility index (Phi) is 4.65. The van der Waals surface area contributed by atoms with E-state index in [0.717, 1.165) is 5.70 Å². The average Bonchev–Trinajstić information content (AvgIpc) is 2.63. The predicted octanol–water partition coefficient (Wildman–Crippen LogP) is 2.46. The van der Waals surface area contributed by atoms with Crippen molar-refractivity contribution in [2.75, 3.05) is 13.2 Å². The summed E-state index contributed by atoms with van der Waals surface area (Å²) in [6.45, 7) is 5.71. The standard InChI is InChI=1S/C20H19NO4/c1-12(2)20(24)25-10-9-21-13-7-8-16-17(11-13)19(23)15-6-4-3-5-14(15)18(16)22/h3-8,11,16-17,21H,1,9-10H2,2H3. The minimum Gasteiger partial charge on any atom is -0.460 e. The number of benzene rings is 1. The lowest BCUT2D eigenvalue weighted by Gasteiger charge is -2.29. The van der Waals surface area contributed by atoms with Crippen molar-refractivity contribution in [1.29, 1.82) is 0 Å². The maximum absolute atomic E-state index is 12.7. The lowest BCUT2D eigenvalue weighted by Crippen LogP contribution is -2.37. The highest BCUT2D eigenvalue weighted by molar-refractivity contribution is 6.17. The first-order chi connectivity index (χ1) is 12.0. The molecule has 0 saturated carbocycles. The quantitative estimate of drug-likeness (QED) is 0.508. The molecule has 0 amide bonds. The molecule has 1 aromatic rings. The van der Waals surface area contributed by atoms with Gasteiger partial charge in [-0.15, -0.1) is 0 Å². The van der Waals surface area contributed by atoms with Crippen LogP contribution in [0.2, 0.25) is 0 Å². The molecule has 1 N–H and O–H groups in total. The van der Waals surface area contributed by atoms with Crippen LogP contribution in [-0.2, 0) is 9.53 Å². The van der Waals surface area contributed by atoms with Crippen LogP contribution in [0.1, 0.15) is 27.6 Å². The van der Waals surface area contributed by atoms with Gasteiger partial charge in [0, 0.05) is 28.9 Å². The first kappa shape index (κ1) is 16.9. The average molecular weight is 337 g/mol. The van der Waals surface area contributed by atoms with E-state index in [0.29, 0.717) is 23.2 Å². The Morgan fingerprint density at radius 1 is 1.16 bits per heavy atom. The minimum absolute atomic E-state index is 0.0258. The van der Waals surface area contributed by atoms with Crippen LogP contribution in [0.3, 0.4) is 0 Å². The molecule has 25 heavy (non-hydrogen) atoms. The summed E-state index contributed by atoms with van der Waals surface area (Å²) in [5.74, 6) is -1.44. The molecule has 128 valence electrons. The molecule has 0 heterocycles. The fourth-order valence-electron chi connectivity index (χ4n) is 3.02. The van der Waals surface area contributed by atoms with E-state index in [1.807, 2.05) is 0 Å². The number of esters is 1. The molecule has 0 radical (unpaired) electrons. The summed E-state index contributed by atoms with van der Waals surface area (Å²) in [5, 5.41) is 3.11. The summed E-state index contributed by atoms with van der Waals surface area (Å²) in [6, 6.07) is 6.93. The Hall–Kier alpha value is -2.95. The second-order valence-electron chi connectivity index (χ2n) is 6.15. The summed E-state index contributed by atoms with van der Waals surface area (Å²) >= 11 is 0. The summed E-state index contributed by atoms with van der Waals surface area (Å²) in [7, 11) is 0. The van der Waals surface area contributed by atoms with Gasteiger partial charge in [0.1, 0.15) is 6.61 Å². The Morgan fingerprint density at radius 3 is 2.44 bits per heavy atom. The van der Waals surface area contributed by atoms with Crippen LogP contribution in [0.25, 0.3) is 0 Å². The van der Waals surface area contributed by atoms with Crippen molar-refractivity contribution in [2.24, 2.45) is 11.8 Å². The molecule has 5 nitrogen and oxygen atoms in total. The van der Waals surface area contributed by atoms with Crippen molar-refractivity contribution in [1.82, 2.24) is 5.32 Å². The van der Waals surface area contributed by atoms with Gasteiger partial charge >= 0.3 is 5.97 Å². The summed E-state index contributed by atoms with van der Waals surface area (Å²) in [5.41, 5.74) is 2.07. The molecule has 1 aromatic carbocycles. The number of hydrogen-bond donors (Lipinski definition) is 1. The summed E-state index contributed by atoms with van der Waals surface area (Å²) in [6.07, 6.45) is 5.34. The zero-order chi connectivity index (χ0) is 18.0. The van der Waals surface area contributed by atoms with Gasteiger partial charge in [0.05, 0.1) is 11.8 Å². The number of carbonyl (C=O) groups is 3. The van der Waals surface area contributed by atoms with Gasteiger partial charge in [-0.05, 0) is 19.1 Å². The molecule has 2 aliphatic carbocycles. The molecule has 2 unspecified atom stereocenters. The molecule has 3 rings (SSSR count). The first-order valence-electron chi connectivity index (χ1n) is 8.13. The number of nitrogens with one attached hydrogen (secondary N) is 1. The van der Waals surface area contributed by atoms with E-state index in [1.54, 1.807) is 49.4 Å². The molecule has 0 fully saturated rings. The Bertz CT molecular complexity index is 819. The number of hydrogen-bond acceptors (Lipinski definition) is 5. The first-order valence-corrected chi connectivity index (χ1v) is 8.13. The van der Waals surface area contributed by atoms with Gasteiger partial charge in [-0.2, -0.15) is 0 Å². The van der Waals surface area contributed by atoms with Crippen molar-refractivity contribution in [3.63, 3.8) is 0 Å². The second kappa shape index (κ2) is 6.89. The maximum atomic E-state index is 12.7. The van der Waals surface area contributed by atoms with Crippen LogP contribution in [0.5, 0.6) is 0 Å². The number of allylic oxidation sites excluding steroid dienone is 3. The Labute approximate surface area is 146 Å². The van der Waals surface area contributed by atoms with Crippen molar-refractivity contribution < 1.29 is 19.1 Å². The smallest absolute Gasteiger partial charge is 0.333 e. The predicted molar refractivity (Wildman–Crippen MR) is 93.1 cm³/mol. The van der Waals surface area contributed by atoms with E-state index in [2.05, 4.69) is 11.9 Å². The SMILES string of the molecule is C=C(C)C(=O)OCCNC1=CC2C(=O)c3ccccc3C(=O)C2C=C1. The number of Topliss-reactive ketones (excluding diaryl/α,β-unsaturated/α-hetero) is 2. The van der Waals surface area contributed by atoms with Crippen LogP contribution in [0.4, 0.5) is 0 Å². The van der Waals surface area contributed by atoms with Gasteiger partial charge in [0.2, 0.25) is 0 Å². The van der Waals surface area contributed by atoms with Crippen molar-refractivity contribution >= 4 is 17.5 Å². The zero-order valence-corrected chi connectivity index (χ0v) is 14.0. The van der Waals surface area contributed by atoms with Crippen molar-refractivity contribution in [2.45, 2.75) is 6.92 Å². The lowest BCUT2D eigenvalue weighted by molar-refractivity contribution is -0.138. The number of ether oxygens (including phenoxy) is 1. The van der Waals surface area contributed by atoms with Crippen LogP contribution in [0.15, 0.2) is 60.3 Å². The number of ketones is 2. The van der Waals surface area contributed by atoms with E-state index < -0.39 is 17.8 Å². The third-order valence-corrected chi connectivity index (χ3v) is 4.31. The van der Waals surface area contributed by atoms with Crippen LogP contribution < -0.4 is 5.32 Å². The molecule has 0 spiro atoms. The molecule has 0 bridgehead atoms. The fourth-order valence-corrected chi connectivity index (χ4v) is 3.02. The fraction of sp³-hybridized carbons (Fsp3) is 0.250. The summed E-state index contributed by atoms with van der Waals surface area (Å²) < 4.78 is 5.01. The lowest BCUT2D eigenvalue weighted by atomic mass is 9.72. The third-order valence-electron chi connectivity index (χ3n) is 4.31. The topological polar surface area (TPSA) is 72.5 Å². The minimum atomic E-state index is -0.493. The van der Waals surface area contributed by atoms with Gasteiger partial charge in [0.25, 0.3) is 0 Å². The molecule has 0 aliphatic heterocycles. The van der Waals surface area contributed by atoms with E-state index in [1.165, 1.54) is 0 Å². The monoisotopic (exact) mass is 337 g/mol. The number of carbonyl (C=O) groups excluding carboxylic acids is 3. The normalized spacial score (nSPS) is 21.1. The van der Waals surface area contributed by atoms with E-state index in [4.69, 9.17) is 4.74 Å². The van der Waals surface area contributed by atoms with E-state index in [9.17, 15) is 14.4 Å². The maximum Gasteiger partial charge on any atom is 0.333 e. The van der Waals surface area contributed by atoms with Crippen LogP contribution >= 0.6 is 0 Å². The van der Waals surface area contributed by atoms with E-state index >= 15 is 0 Å². The highest BCUT2D eigenvalue weighted by atomic mass is 16.5. The van der Waals surface area contributed by atoms with Gasteiger partial charge < -0.3 is 10.1 Å². The van der Waals surface area contributed by atoms with Crippen LogP contribution in [0, 0.1) is 11.8 Å². The van der Waals surface area contributed by atoms with Gasteiger partial charge in [-0.1, -0.05) is 36.9 Å². The molecule has 2 atom stereocenters. The largest absolute Gasteiger partial charge is 0.460 e. The summed E-state index contributed by atoms with van der Waals surface area (Å²) in [4.78, 5) is 36.6. The molecule has 2 aliphatic rings. The van der Waals surface area contributed by atoms with E-state index in [-0.39, 0.29) is 18.2 Å². The van der Waals surface area contributed by atoms with Gasteiger partial charge in [-0.25, -0.2) is 4.79 Å². The molecule has 5 heteroatoms. The van der Waals surface area contributed by atoms with Gasteiger partial charge in [-0.3, -0.25) is 9.59 Å². The molecular formula is C20H19NO4.